The molecule has 8 heteroatoms. The zero-order valence-corrected chi connectivity index (χ0v) is 16.4. The lowest BCUT2D eigenvalue weighted by Crippen LogP contribution is -2.41. The van der Waals surface area contributed by atoms with Crippen LogP contribution in [0, 0.1) is 6.92 Å². The van der Waals surface area contributed by atoms with Crippen LogP contribution in [0.5, 0.6) is 17.2 Å². The summed E-state index contributed by atoms with van der Waals surface area (Å²) in [5.74, 6) is 0.224. The van der Waals surface area contributed by atoms with Crippen LogP contribution in [0.4, 0.5) is 5.69 Å². The Kier molecular flexibility index (Phi) is 5.94. The van der Waals surface area contributed by atoms with E-state index in [0.717, 1.165) is 5.56 Å². The van der Waals surface area contributed by atoms with E-state index in [2.05, 4.69) is 5.32 Å². The molecular weight excluding hydrogens is 386 g/mol. The second kappa shape index (κ2) is 8.39. The highest BCUT2D eigenvalue weighted by Gasteiger charge is 2.31. The summed E-state index contributed by atoms with van der Waals surface area (Å²) in [6.07, 6.45) is -1.99. The molecule has 1 N–H and O–H groups in total. The van der Waals surface area contributed by atoms with Gasteiger partial charge in [-0.1, -0.05) is 23.7 Å². The van der Waals surface area contributed by atoms with E-state index in [-0.39, 0.29) is 6.61 Å². The number of fused-ring (bicyclic) bond motifs is 1. The zero-order chi connectivity index (χ0) is 20.3. The lowest BCUT2D eigenvalue weighted by atomic mass is 10.2. The number of para-hydroxylation sites is 2. The number of halogens is 1. The Morgan fingerprint density at radius 1 is 1.25 bits per heavy atom. The molecular formula is C20H20ClNO6. The van der Waals surface area contributed by atoms with Crippen LogP contribution in [0.1, 0.15) is 12.5 Å². The number of carbonyl (C=O) groups excluding carboxylic acids is 2. The van der Waals surface area contributed by atoms with Gasteiger partial charge in [0.25, 0.3) is 5.91 Å². The van der Waals surface area contributed by atoms with Crippen LogP contribution in [0.2, 0.25) is 5.02 Å². The average molecular weight is 406 g/mol. The molecule has 2 aromatic carbocycles. The SMILES string of the molecule is COc1cc(Cl)c(C)cc1NC(=O)[C@H](C)OC(=O)[C@@H]1COc2ccccc2O1. The molecule has 2 aromatic rings. The molecule has 0 aromatic heterocycles. The number of carbonyl (C=O) groups is 2. The molecule has 0 aliphatic carbocycles. The number of anilines is 1. The first-order chi connectivity index (χ1) is 13.4. The van der Waals surface area contributed by atoms with Gasteiger partial charge in [-0.25, -0.2) is 4.79 Å². The van der Waals surface area contributed by atoms with E-state index in [0.29, 0.717) is 28.0 Å². The third-order valence-electron chi connectivity index (χ3n) is 4.17. The van der Waals surface area contributed by atoms with Crippen molar-refractivity contribution in [3.05, 3.63) is 47.0 Å². The summed E-state index contributed by atoms with van der Waals surface area (Å²) < 4.78 is 21.6. The standard InChI is InChI=1S/C20H20ClNO6/c1-11-8-14(17(25-3)9-13(11)21)22-19(23)12(2)27-20(24)18-10-26-15-6-4-5-7-16(15)28-18/h4-9,12,18H,10H2,1-3H3,(H,22,23)/t12-,18-/m0/s1. The van der Waals surface area contributed by atoms with Crippen LogP contribution in [-0.2, 0) is 14.3 Å². The Morgan fingerprint density at radius 3 is 2.68 bits per heavy atom. The molecule has 1 aliphatic rings. The lowest BCUT2D eigenvalue weighted by Gasteiger charge is -2.26. The monoisotopic (exact) mass is 405 g/mol. The molecule has 28 heavy (non-hydrogen) atoms. The first kappa shape index (κ1) is 19.8. The Hall–Kier alpha value is -2.93. The van der Waals surface area contributed by atoms with Crippen LogP contribution in [0.25, 0.3) is 0 Å². The molecule has 0 radical (unpaired) electrons. The summed E-state index contributed by atoms with van der Waals surface area (Å²) in [6, 6.07) is 10.3. The van der Waals surface area contributed by atoms with Gasteiger partial charge >= 0.3 is 5.97 Å². The fourth-order valence-corrected chi connectivity index (χ4v) is 2.76. The minimum Gasteiger partial charge on any atom is -0.495 e. The molecule has 2 atom stereocenters. The number of ether oxygens (including phenoxy) is 4. The molecule has 0 fully saturated rings. The third kappa shape index (κ3) is 4.31. The van der Waals surface area contributed by atoms with Crippen molar-refractivity contribution in [1.82, 2.24) is 0 Å². The molecule has 0 unspecified atom stereocenters. The summed E-state index contributed by atoms with van der Waals surface area (Å²) in [5.41, 5.74) is 1.21. The number of methoxy groups -OCH3 is 1. The van der Waals surface area contributed by atoms with Gasteiger partial charge in [0.15, 0.2) is 17.6 Å². The average Bonchev–Trinajstić information content (AvgIpc) is 2.69. The van der Waals surface area contributed by atoms with Gasteiger partial charge in [-0.05, 0) is 37.6 Å². The summed E-state index contributed by atoms with van der Waals surface area (Å²) in [6.45, 7) is 3.29. The van der Waals surface area contributed by atoms with Crippen LogP contribution in [0.15, 0.2) is 36.4 Å². The van der Waals surface area contributed by atoms with Crippen LogP contribution in [-0.4, -0.2) is 37.8 Å². The molecule has 0 saturated carbocycles. The van der Waals surface area contributed by atoms with Crippen molar-refractivity contribution in [3.8, 4) is 17.2 Å². The zero-order valence-electron chi connectivity index (χ0n) is 15.7. The first-order valence-electron chi connectivity index (χ1n) is 8.63. The summed E-state index contributed by atoms with van der Waals surface area (Å²) in [5, 5.41) is 3.20. The van der Waals surface area contributed by atoms with Crippen molar-refractivity contribution in [2.45, 2.75) is 26.1 Å². The molecule has 0 saturated heterocycles. The number of benzene rings is 2. The second-order valence-corrected chi connectivity index (χ2v) is 6.64. The Balaban J connectivity index is 1.62. The van der Waals surface area contributed by atoms with E-state index in [9.17, 15) is 9.59 Å². The Labute approximate surface area is 167 Å². The lowest BCUT2D eigenvalue weighted by molar-refractivity contribution is -0.162. The largest absolute Gasteiger partial charge is 0.495 e. The summed E-state index contributed by atoms with van der Waals surface area (Å²) in [4.78, 5) is 24.8. The highest BCUT2D eigenvalue weighted by atomic mass is 35.5. The highest BCUT2D eigenvalue weighted by molar-refractivity contribution is 6.31. The van der Waals surface area contributed by atoms with Gasteiger partial charge in [-0.2, -0.15) is 0 Å². The molecule has 148 valence electrons. The molecule has 0 spiro atoms. The Morgan fingerprint density at radius 2 is 1.96 bits per heavy atom. The maximum absolute atomic E-state index is 12.4. The first-order valence-corrected chi connectivity index (χ1v) is 9.01. The third-order valence-corrected chi connectivity index (χ3v) is 4.58. The molecule has 0 bridgehead atoms. The number of rotatable bonds is 5. The predicted octanol–water partition coefficient (Wildman–Crippen LogP) is 3.37. The molecule has 1 amide bonds. The fourth-order valence-electron chi connectivity index (χ4n) is 2.60. The summed E-state index contributed by atoms with van der Waals surface area (Å²) in [7, 11) is 1.47. The van der Waals surface area contributed by atoms with Crippen molar-refractivity contribution in [3.63, 3.8) is 0 Å². The van der Waals surface area contributed by atoms with Gasteiger partial charge < -0.3 is 24.3 Å². The maximum Gasteiger partial charge on any atom is 0.351 e. The summed E-state index contributed by atoms with van der Waals surface area (Å²) >= 11 is 6.07. The Bertz CT molecular complexity index is 900. The molecule has 3 rings (SSSR count). The predicted molar refractivity (Wildman–Crippen MR) is 103 cm³/mol. The number of aryl methyl sites for hydroxylation is 1. The van der Waals surface area contributed by atoms with Crippen molar-refractivity contribution < 1.29 is 28.5 Å². The van der Waals surface area contributed by atoms with Crippen LogP contribution < -0.4 is 19.5 Å². The van der Waals surface area contributed by atoms with E-state index >= 15 is 0 Å². The van der Waals surface area contributed by atoms with Gasteiger partial charge in [0.05, 0.1) is 12.8 Å². The van der Waals surface area contributed by atoms with Gasteiger partial charge in [0, 0.05) is 11.1 Å². The van der Waals surface area contributed by atoms with Crippen LogP contribution >= 0.6 is 11.6 Å². The van der Waals surface area contributed by atoms with E-state index in [1.165, 1.54) is 14.0 Å². The van der Waals surface area contributed by atoms with Crippen molar-refractivity contribution in [1.29, 1.82) is 0 Å². The molecule has 1 aliphatic heterocycles. The number of nitrogens with one attached hydrogen (secondary N) is 1. The van der Waals surface area contributed by atoms with Crippen molar-refractivity contribution >= 4 is 29.2 Å². The number of hydrogen-bond donors (Lipinski definition) is 1. The topological polar surface area (TPSA) is 83.1 Å². The van der Waals surface area contributed by atoms with E-state index in [4.69, 9.17) is 30.5 Å². The normalized spacial score (nSPS) is 16.1. The van der Waals surface area contributed by atoms with Crippen molar-refractivity contribution in [2.75, 3.05) is 19.0 Å². The number of esters is 1. The maximum atomic E-state index is 12.4. The van der Waals surface area contributed by atoms with Gasteiger partial charge in [-0.15, -0.1) is 0 Å². The van der Waals surface area contributed by atoms with E-state index in [1.54, 1.807) is 43.3 Å². The van der Waals surface area contributed by atoms with E-state index in [1.807, 2.05) is 0 Å². The number of hydrogen-bond acceptors (Lipinski definition) is 6. The smallest absolute Gasteiger partial charge is 0.351 e. The second-order valence-electron chi connectivity index (χ2n) is 6.23. The van der Waals surface area contributed by atoms with Gasteiger partial charge in [0.1, 0.15) is 12.4 Å². The highest BCUT2D eigenvalue weighted by Crippen LogP contribution is 2.32. The fraction of sp³-hybridized carbons (Fsp3) is 0.300. The number of amides is 1. The van der Waals surface area contributed by atoms with Gasteiger partial charge in [0.2, 0.25) is 6.10 Å². The molecule has 7 nitrogen and oxygen atoms in total. The quantitative estimate of drug-likeness (QED) is 0.768. The van der Waals surface area contributed by atoms with Gasteiger partial charge in [-0.3, -0.25) is 4.79 Å². The minimum absolute atomic E-state index is 0.00832. The molecule has 1 heterocycles. The van der Waals surface area contributed by atoms with E-state index < -0.39 is 24.1 Å². The van der Waals surface area contributed by atoms with Crippen molar-refractivity contribution in [2.24, 2.45) is 0 Å². The van der Waals surface area contributed by atoms with Crippen LogP contribution in [0.3, 0.4) is 0 Å². The minimum atomic E-state index is -1.05.